The van der Waals surface area contributed by atoms with Crippen molar-refractivity contribution in [2.24, 2.45) is 5.73 Å². The number of aromatic nitrogens is 4. The first kappa shape index (κ1) is 15.9. The minimum Gasteiger partial charge on any atom is -0.382 e. The van der Waals surface area contributed by atoms with Crippen LogP contribution < -0.4 is 16.4 Å². The molecule has 2 saturated heterocycles. The van der Waals surface area contributed by atoms with E-state index in [4.69, 9.17) is 23.1 Å². The summed E-state index contributed by atoms with van der Waals surface area (Å²) in [6.07, 6.45) is 7.67. The zero-order chi connectivity index (χ0) is 16.7. The van der Waals surface area contributed by atoms with Crippen molar-refractivity contribution in [2.75, 3.05) is 10.6 Å². The first-order valence-electron chi connectivity index (χ1n) is 7.93. The van der Waals surface area contributed by atoms with Crippen LogP contribution in [0.25, 0.3) is 0 Å². The van der Waals surface area contributed by atoms with Gasteiger partial charge < -0.3 is 16.4 Å². The van der Waals surface area contributed by atoms with Crippen molar-refractivity contribution in [3.8, 4) is 0 Å². The predicted octanol–water partition coefficient (Wildman–Crippen LogP) is 2.11. The third kappa shape index (κ3) is 2.89. The number of rotatable bonds is 3. The summed E-state index contributed by atoms with van der Waals surface area (Å²) in [7, 11) is 0. The maximum absolute atomic E-state index is 6.16. The van der Waals surface area contributed by atoms with Gasteiger partial charge in [0, 0.05) is 29.2 Å². The lowest BCUT2D eigenvalue weighted by molar-refractivity contribution is 0.407. The Morgan fingerprint density at radius 2 is 1.92 bits per heavy atom. The van der Waals surface area contributed by atoms with Crippen LogP contribution in [-0.2, 0) is 0 Å². The van der Waals surface area contributed by atoms with Crippen LogP contribution in [0.1, 0.15) is 25.7 Å². The molecule has 2 aliphatic rings. The minimum atomic E-state index is 0.292. The monoisotopic (exact) mass is 363 g/mol. The molecule has 126 valence electrons. The van der Waals surface area contributed by atoms with Gasteiger partial charge in [-0.25, -0.2) is 9.97 Å². The third-order valence-electron chi connectivity index (χ3n) is 4.62. The van der Waals surface area contributed by atoms with Crippen LogP contribution in [0.2, 0.25) is 5.02 Å². The van der Waals surface area contributed by atoms with Crippen LogP contribution in [0.15, 0.2) is 28.4 Å². The zero-order valence-corrected chi connectivity index (χ0v) is 14.5. The van der Waals surface area contributed by atoms with E-state index in [9.17, 15) is 0 Å². The predicted molar refractivity (Wildman–Crippen MR) is 94.1 cm³/mol. The smallest absolute Gasteiger partial charge is 0.245 e. The summed E-state index contributed by atoms with van der Waals surface area (Å²) in [5.41, 5.74) is 11.8. The maximum Gasteiger partial charge on any atom is 0.245 e. The highest BCUT2D eigenvalue weighted by Crippen LogP contribution is 2.38. The van der Waals surface area contributed by atoms with E-state index in [0.717, 1.165) is 30.6 Å². The van der Waals surface area contributed by atoms with E-state index in [1.807, 2.05) is 0 Å². The molecule has 9 heteroatoms. The van der Waals surface area contributed by atoms with Crippen LogP contribution in [0.3, 0.4) is 0 Å². The molecular formula is C15H18ClN7S. The Kier molecular flexibility index (Phi) is 4.19. The molecule has 0 unspecified atom stereocenters. The SMILES string of the molecule is Nc1nccc(Sc2cnc(N3[C@@H]4CC[C@H]3C[C@H](N)C4)nn2)c1Cl. The van der Waals surface area contributed by atoms with Crippen LogP contribution in [-0.4, -0.2) is 38.3 Å². The molecule has 4 rings (SSSR count). The summed E-state index contributed by atoms with van der Waals surface area (Å²) < 4.78 is 0. The molecule has 0 aromatic carbocycles. The Labute approximate surface area is 149 Å². The molecule has 24 heavy (non-hydrogen) atoms. The Morgan fingerprint density at radius 1 is 1.17 bits per heavy atom. The first-order valence-corrected chi connectivity index (χ1v) is 9.12. The second-order valence-corrected chi connectivity index (χ2v) is 7.67. The van der Waals surface area contributed by atoms with Crippen molar-refractivity contribution in [1.82, 2.24) is 20.2 Å². The number of nitrogens with zero attached hydrogens (tertiary/aromatic N) is 5. The fourth-order valence-electron chi connectivity index (χ4n) is 3.60. The number of anilines is 2. The van der Waals surface area contributed by atoms with Crippen LogP contribution in [0.5, 0.6) is 0 Å². The molecule has 2 aromatic rings. The molecule has 3 atom stereocenters. The quantitative estimate of drug-likeness (QED) is 0.853. The number of fused-ring (bicyclic) bond motifs is 2. The first-order chi connectivity index (χ1) is 11.6. The normalized spacial score (nSPS) is 25.9. The minimum absolute atomic E-state index is 0.292. The summed E-state index contributed by atoms with van der Waals surface area (Å²) in [6.45, 7) is 0. The van der Waals surface area contributed by atoms with Gasteiger partial charge in [-0.2, -0.15) is 0 Å². The standard InChI is InChI=1S/C15H18ClN7S/c16-13-11(3-4-19-14(13)18)24-12-7-20-15(22-21-12)23-9-1-2-10(23)6-8(17)5-9/h3-4,7-10H,1-2,5-6,17H2,(H2,18,19)/t8-,9-,10+. The molecule has 0 aliphatic carbocycles. The van der Waals surface area contributed by atoms with Gasteiger partial charge in [-0.15, -0.1) is 10.2 Å². The van der Waals surface area contributed by atoms with E-state index in [0.29, 0.717) is 39.9 Å². The van der Waals surface area contributed by atoms with Crippen LogP contribution in [0.4, 0.5) is 11.8 Å². The molecule has 2 bridgehead atoms. The van der Waals surface area contributed by atoms with Gasteiger partial charge in [-0.1, -0.05) is 23.4 Å². The Balaban J connectivity index is 1.52. The summed E-state index contributed by atoms with van der Waals surface area (Å²) >= 11 is 7.53. The highest BCUT2D eigenvalue weighted by Gasteiger charge is 2.41. The number of halogens is 1. The van der Waals surface area contributed by atoms with Gasteiger partial charge >= 0.3 is 0 Å². The van der Waals surface area contributed by atoms with Crippen molar-refractivity contribution < 1.29 is 0 Å². The molecule has 0 spiro atoms. The van der Waals surface area contributed by atoms with Gasteiger partial charge in [0.15, 0.2) is 0 Å². The van der Waals surface area contributed by atoms with Gasteiger partial charge in [-0.3, -0.25) is 0 Å². The summed E-state index contributed by atoms with van der Waals surface area (Å²) in [4.78, 5) is 11.5. The molecule has 2 fully saturated rings. The molecule has 2 aliphatic heterocycles. The zero-order valence-electron chi connectivity index (χ0n) is 13.0. The summed E-state index contributed by atoms with van der Waals surface area (Å²) in [5.74, 6) is 1.000. The average Bonchev–Trinajstić information content (AvgIpc) is 2.84. The largest absolute Gasteiger partial charge is 0.382 e. The third-order valence-corrected chi connectivity index (χ3v) is 6.09. The fraction of sp³-hybridized carbons (Fsp3) is 0.467. The average molecular weight is 364 g/mol. The van der Waals surface area contributed by atoms with Crippen molar-refractivity contribution in [3.05, 3.63) is 23.5 Å². The lowest BCUT2D eigenvalue weighted by Gasteiger charge is -2.37. The summed E-state index contributed by atoms with van der Waals surface area (Å²) in [6, 6.07) is 2.97. The second kappa shape index (κ2) is 6.34. The van der Waals surface area contributed by atoms with Crippen molar-refractivity contribution in [2.45, 2.75) is 53.7 Å². The lowest BCUT2D eigenvalue weighted by atomic mass is 9.99. The molecule has 4 heterocycles. The lowest BCUT2D eigenvalue weighted by Crippen LogP contribution is -2.48. The number of nitrogen functional groups attached to an aromatic ring is 1. The van der Waals surface area contributed by atoms with E-state index >= 15 is 0 Å². The number of hydrogen-bond donors (Lipinski definition) is 2. The van der Waals surface area contributed by atoms with E-state index in [-0.39, 0.29) is 0 Å². The molecule has 0 amide bonds. The molecule has 0 saturated carbocycles. The number of pyridine rings is 1. The van der Waals surface area contributed by atoms with E-state index in [1.165, 1.54) is 11.8 Å². The maximum atomic E-state index is 6.16. The number of piperidine rings is 1. The Hall–Kier alpha value is -1.64. The van der Waals surface area contributed by atoms with Gasteiger partial charge in [0.2, 0.25) is 5.95 Å². The van der Waals surface area contributed by atoms with Crippen molar-refractivity contribution in [1.29, 1.82) is 0 Å². The molecule has 4 N–H and O–H groups in total. The number of hydrogen-bond acceptors (Lipinski definition) is 8. The highest BCUT2D eigenvalue weighted by atomic mass is 35.5. The van der Waals surface area contributed by atoms with Gasteiger partial charge in [0.25, 0.3) is 0 Å². The van der Waals surface area contributed by atoms with Crippen LogP contribution >= 0.6 is 23.4 Å². The summed E-state index contributed by atoms with van der Waals surface area (Å²) in [5, 5.41) is 9.72. The molecule has 7 nitrogen and oxygen atoms in total. The van der Waals surface area contributed by atoms with Crippen LogP contribution in [0, 0.1) is 0 Å². The van der Waals surface area contributed by atoms with Gasteiger partial charge in [0.05, 0.1) is 11.2 Å². The molecule has 2 aromatic heterocycles. The van der Waals surface area contributed by atoms with Crippen molar-refractivity contribution in [3.63, 3.8) is 0 Å². The Bertz CT molecular complexity index is 727. The van der Waals surface area contributed by atoms with E-state index in [2.05, 4.69) is 25.1 Å². The number of nitrogens with two attached hydrogens (primary N) is 2. The second-order valence-electron chi connectivity index (χ2n) is 6.23. The molecular weight excluding hydrogens is 346 g/mol. The van der Waals surface area contributed by atoms with Crippen molar-refractivity contribution >= 4 is 35.1 Å². The van der Waals surface area contributed by atoms with E-state index < -0.39 is 0 Å². The Morgan fingerprint density at radius 3 is 2.58 bits per heavy atom. The fourth-order valence-corrected chi connectivity index (χ4v) is 4.57. The van der Waals surface area contributed by atoms with Gasteiger partial charge in [0.1, 0.15) is 10.8 Å². The highest BCUT2D eigenvalue weighted by molar-refractivity contribution is 7.99. The van der Waals surface area contributed by atoms with E-state index in [1.54, 1.807) is 18.5 Å². The molecule has 0 radical (unpaired) electrons. The van der Waals surface area contributed by atoms with Gasteiger partial charge in [-0.05, 0) is 31.7 Å². The topological polar surface area (TPSA) is 107 Å².